The standard InChI is InChI=1S/C13H17FN2O/c1-3-5-16(6-4-2)13(17)10-7-11(14)9-12(15)8-10/h3,7-9H,1,4-6,15H2,2H3. The molecule has 0 saturated heterocycles. The minimum Gasteiger partial charge on any atom is -0.399 e. The number of nitrogen functional groups attached to an aromatic ring is 1. The Morgan fingerprint density at radius 3 is 2.76 bits per heavy atom. The van der Waals surface area contributed by atoms with Crippen LogP contribution in [0.5, 0.6) is 0 Å². The first-order valence-corrected chi connectivity index (χ1v) is 5.54. The number of benzene rings is 1. The molecule has 0 radical (unpaired) electrons. The van der Waals surface area contributed by atoms with Crippen LogP contribution >= 0.6 is 0 Å². The van der Waals surface area contributed by atoms with Crippen LogP contribution in [0.3, 0.4) is 0 Å². The smallest absolute Gasteiger partial charge is 0.254 e. The summed E-state index contributed by atoms with van der Waals surface area (Å²) in [5, 5.41) is 0. The normalized spacial score (nSPS) is 10.0. The van der Waals surface area contributed by atoms with Gasteiger partial charge in [0.25, 0.3) is 5.91 Å². The van der Waals surface area contributed by atoms with Crippen LogP contribution in [0, 0.1) is 5.82 Å². The summed E-state index contributed by atoms with van der Waals surface area (Å²) in [7, 11) is 0. The topological polar surface area (TPSA) is 46.3 Å². The highest BCUT2D eigenvalue weighted by Gasteiger charge is 2.14. The third kappa shape index (κ3) is 3.59. The molecule has 0 unspecified atom stereocenters. The van der Waals surface area contributed by atoms with Gasteiger partial charge in [-0.1, -0.05) is 13.0 Å². The zero-order valence-corrected chi connectivity index (χ0v) is 9.95. The van der Waals surface area contributed by atoms with Crippen LogP contribution in [-0.4, -0.2) is 23.9 Å². The lowest BCUT2D eigenvalue weighted by Gasteiger charge is -2.20. The highest BCUT2D eigenvalue weighted by atomic mass is 19.1. The molecule has 0 spiro atoms. The number of rotatable bonds is 5. The molecule has 2 N–H and O–H groups in total. The number of carbonyl (C=O) groups is 1. The molecule has 0 aromatic heterocycles. The molecule has 0 bridgehead atoms. The van der Waals surface area contributed by atoms with Crippen LogP contribution in [0.4, 0.5) is 10.1 Å². The maximum Gasteiger partial charge on any atom is 0.254 e. The molecule has 0 aliphatic heterocycles. The van der Waals surface area contributed by atoms with Gasteiger partial charge in [-0.05, 0) is 24.6 Å². The van der Waals surface area contributed by atoms with Crippen molar-refractivity contribution in [3.8, 4) is 0 Å². The first-order chi connectivity index (χ1) is 8.08. The van der Waals surface area contributed by atoms with Gasteiger partial charge in [-0.15, -0.1) is 6.58 Å². The molecule has 17 heavy (non-hydrogen) atoms. The average Bonchev–Trinajstić information content (AvgIpc) is 2.26. The van der Waals surface area contributed by atoms with Crippen molar-refractivity contribution >= 4 is 11.6 Å². The zero-order chi connectivity index (χ0) is 12.8. The lowest BCUT2D eigenvalue weighted by molar-refractivity contribution is 0.0773. The number of carbonyl (C=O) groups excluding carboxylic acids is 1. The van der Waals surface area contributed by atoms with Crippen LogP contribution in [0.15, 0.2) is 30.9 Å². The van der Waals surface area contributed by atoms with Crippen molar-refractivity contribution in [1.82, 2.24) is 4.90 Å². The van der Waals surface area contributed by atoms with Gasteiger partial charge in [0, 0.05) is 24.3 Å². The van der Waals surface area contributed by atoms with Crippen molar-refractivity contribution in [2.75, 3.05) is 18.8 Å². The molecule has 1 rings (SSSR count). The summed E-state index contributed by atoms with van der Waals surface area (Å²) in [6.45, 7) is 6.64. The van der Waals surface area contributed by atoms with Gasteiger partial charge in [0.15, 0.2) is 0 Å². The summed E-state index contributed by atoms with van der Waals surface area (Å²) in [5.41, 5.74) is 6.04. The summed E-state index contributed by atoms with van der Waals surface area (Å²) in [6.07, 6.45) is 2.49. The maximum absolute atomic E-state index is 13.2. The van der Waals surface area contributed by atoms with E-state index in [9.17, 15) is 9.18 Å². The molecular formula is C13H17FN2O. The third-order valence-corrected chi connectivity index (χ3v) is 2.30. The zero-order valence-electron chi connectivity index (χ0n) is 9.95. The monoisotopic (exact) mass is 236 g/mol. The Bertz CT molecular complexity index is 398. The van der Waals surface area contributed by atoms with Crippen molar-refractivity contribution in [3.63, 3.8) is 0 Å². The van der Waals surface area contributed by atoms with Gasteiger partial charge in [-0.2, -0.15) is 0 Å². The van der Waals surface area contributed by atoms with E-state index in [0.29, 0.717) is 13.1 Å². The second-order valence-corrected chi connectivity index (χ2v) is 3.81. The fourth-order valence-corrected chi connectivity index (χ4v) is 1.62. The van der Waals surface area contributed by atoms with Gasteiger partial charge in [0.05, 0.1) is 0 Å². The van der Waals surface area contributed by atoms with E-state index < -0.39 is 5.82 Å². The predicted molar refractivity (Wildman–Crippen MR) is 67.2 cm³/mol. The molecule has 3 nitrogen and oxygen atoms in total. The van der Waals surface area contributed by atoms with E-state index in [1.807, 2.05) is 6.92 Å². The van der Waals surface area contributed by atoms with E-state index in [1.54, 1.807) is 11.0 Å². The Hall–Kier alpha value is -1.84. The number of amides is 1. The predicted octanol–water partition coefficient (Wildman–Crippen LogP) is 2.45. The minimum atomic E-state index is -0.497. The minimum absolute atomic E-state index is 0.224. The van der Waals surface area contributed by atoms with E-state index in [4.69, 9.17) is 5.73 Å². The Balaban J connectivity index is 2.95. The average molecular weight is 236 g/mol. The van der Waals surface area contributed by atoms with Gasteiger partial charge >= 0.3 is 0 Å². The quantitative estimate of drug-likeness (QED) is 0.630. The van der Waals surface area contributed by atoms with Gasteiger partial charge in [-0.3, -0.25) is 4.79 Å². The molecule has 1 amide bonds. The van der Waals surface area contributed by atoms with Crippen LogP contribution in [0.2, 0.25) is 0 Å². The summed E-state index contributed by atoms with van der Waals surface area (Å²) >= 11 is 0. The first kappa shape index (κ1) is 13.2. The van der Waals surface area contributed by atoms with Crippen LogP contribution in [0.25, 0.3) is 0 Å². The summed E-state index contributed by atoms with van der Waals surface area (Å²) < 4.78 is 13.2. The van der Waals surface area contributed by atoms with E-state index in [-0.39, 0.29) is 17.2 Å². The molecular weight excluding hydrogens is 219 g/mol. The molecule has 0 aliphatic rings. The first-order valence-electron chi connectivity index (χ1n) is 5.54. The molecule has 0 saturated carbocycles. The summed E-state index contributed by atoms with van der Waals surface area (Å²) in [4.78, 5) is 13.7. The van der Waals surface area contributed by atoms with Crippen LogP contribution in [-0.2, 0) is 0 Å². The number of halogens is 1. The van der Waals surface area contributed by atoms with Crippen molar-refractivity contribution in [3.05, 3.63) is 42.2 Å². The van der Waals surface area contributed by atoms with Crippen molar-refractivity contribution in [1.29, 1.82) is 0 Å². The van der Waals surface area contributed by atoms with Gasteiger partial charge in [-0.25, -0.2) is 4.39 Å². The van der Waals surface area contributed by atoms with E-state index in [0.717, 1.165) is 6.42 Å². The van der Waals surface area contributed by atoms with Gasteiger partial charge in [0.1, 0.15) is 5.82 Å². The van der Waals surface area contributed by atoms with Crippen LogP contribution < -0.4 is 5.73 Å². The summed E-state index contributed by atoms with van der Waals surface area (Å²) in [5.74, 6) is -0.721. The molecule has 0 aliphatic carbocycles. The fourth-order valence-electron chi connectivity index (χ4n) is 1.62. The molecule has 0 heterocycles. The fraction of sp³-hybridized carbons (Fsp3) is 0.308. The maximum atomic E-state index is 13.2. The molecule has 4 heteroatoms. The second kappa shape index (κ2) is 6.03. The molecule has 92 valence electrons. The number of nitrogens with zero attached hydrogens (tertiary/aromatic N) is 1. The van der Waals surface area contributed by atoms with Crippen molar-refractivity contribution < 1.29 is 9.18 Å². The van der Waals surface area contributed by atoms with E-state index >= 15 is 0 Å². The van der Waals surface area contributed by atoms with Gasteiger partial charge < -0.3 is 10.6 Å². The lowest BCUT2D eigenvalue weighted by atomic mass is 10.1. The number of hydrogen-bond acceptors (Lipinski definition) is 2. The Morgan fingerprint density at radius 2 is 2.24 bits per heavy atom. The second-order valence-electron chi connectivity index (χ2n) is 3.81. The molecule has 1 aromatic rings. The Labute approximate surface area is 101 Å². The van der Waals surface area contributed by atoms with Gasteiger partial charge in [0.2, 0.25) is 0 Å². The number of nitrogens with two attached hydrogens (primary N) is 1. The largest absolute Gasteiger partial charge is 0.399 e. The molecule has 0 fully saturated rings. The highest BCUT2D eigenvalue weighted by Crippen LogP contribution is 2.13. The Morgan fingerprint density at radius 1 is 1.53 bits per heavy atom. The van der Waals surface area contributed by atoms with E-state index in [1.165, 1.54) is 18.2 Å². The molecule has 0 atom stereocenters. The Kier molecular flexibility index (Phi) is 4.69. The third-order valence-electron chi connectivity index (χ3n) is 2.30. The van der Waals surface area contributed by atoms with Crippen LogP contribution in [0.1, 0.15) is 23.7 Å². The lowest BCUT2D eigenvalue weighted by Crippen LogP contribution is -2.32. The SMILES string of the molecule is C=CCN(CCC)C(=O)c1cc(N)cc(F)c1. The number of hydrogen-bond donors (Lipinski definition) is 1. The molecule has 1 aromatic carbocycles. The van der Waals surface area contributed by atoms with Crippen molar-refractivity contribution in [2.45, 2.75) is 13.3 Å². The highest BCUT2D eigenvalue weighted by molar-refractivity contribution is 5.95. The number of anilines is 1. The van der Waals surface area contributed by atoms with Crippen molar-refractivity contribution in [2.24, 2.45) is 0 Å². The summed E-state index contributed by atoms with van der Waals surface area (Å²) in [6, 6.07) is 3.87. The van der Waals surface area contributed by atoms with E-state index in [2.05, 4.69) is 6.58 Å².